The van der Waals surface area contributed by atoms with E-state index in [9.17, 15) is 0 Å². The lowest BCUT2D eigenvalue weighted by atomic mass is 10.0. The molecule has 0 N–H and O–H groups in total. The van der Waals surface area contributed by atoms with E-state index in [1.807, 2.05) is 6.92 Å². The lowest BCUT2D eigenvalue weighted by Gasteiger charge is -2.04. The molecule has 0 aliphatic heterocycles. The molecule has 0 amide bonds. The van der Waals surface area contributed by atoms with Crippen LogP contribution in [0.15, 0.2) is 30.3 Å². The van der Waals surface area contributed by atoms with Gasteiger partial charge in [-0.15, -0.1) is 0 Å². The Morgan fingerprint density at radius 2 is 1.77 bits per heavy atom. The first-order valence-corrected chi connectivity index (χ1v) is 4.94. The van der Waals surface area contributed by atoms with Crippen molar-refractivity contribution < 1.29 is 0 Å². The van der Waals surface area contributed by atoms with Crippen LogP contribution in [0.3, 0.4) is 0 Å². The molecule has 0 atom stereocenters. The van der Waals surface area contributed by atoms with Crippen LogP contribution in [0.4, 0.5) is 0 Å². The fourth-order valence-electron chi connectivity index (χ4n) is 1.43. The van der Waals surface area contributed by atoms with Gasteiger partial charge in [0.25, 0.3) is 0 Å². The van der Waals surface area contributed by atoms with Gasteiger partial charge in [0.2, 0.25) is 0 Å². The van der Waals surface area contributed by atoms with Crippen LogP contribution in [-0.2, 0) is 6.42 Å². The highest BCUT2D eigenvalue weighted by Gasteiger charge is 1.96. The molecule has 0 heterocycles. The Hall–Kier alpha value is -1.04. The fourth-order valence-corrected chi connectivity index (χ4v) is 1.43. The molecule has 13 heavy (non-hydrogen) atoms. The van der Waals surface area contributed by atoms with E-state index in [0.29, 0.717) is 0 Å². The highest BCUT2D eigenvalue weighted by Crippen LogP contribution is 2.10. The third kappa shape index (κ3) is 3.45. The topological polar surface area (TPSA) is 0 Å². The molecular weight excluding hydrogens is 156 g/mol. The number of hydrogen-bond acceptors (Lipinski definition) is 0. The van der Waals surface area contributed by atoms with Crippen molar-refractivity contribution in [2.45, 2.75) is 27.2 Å². The Balaban J connectivity index is 2.69. The third-order valence-electron chi connectivity index (χ3n) is 1.98. The summed E-state index contributed by atoms with van der Waals surface area (Å²) in [6.07, 6.45) is 5.37. The van der Waals surface area contributed by atoms with E-state index < -0.39 is 0 Å². The summed E-state index contributed by atoms with van der Waals surface area (Å²) in [5.41, 5.74) is 2.72. The summed E-state index contributed by atoms with van der Waals surface area (Å²) in [5.74, 6) is 0.743. The zero-order valence-corrected chi connectivity index (χ0v) is 8.75. The van der Waals surface area contributed by atoms with Gasteiger partial charge in [-0.1, -0.05) is 50.3 Å². The van der Waals surface area contributed by atoms with Crippen LogP contribution in [0, 0.1) is 5.92 Å². The van der Waals surface area contributed by atoms with Crippen LogP contribution in [0.2, 0.25) is 0 Å². The van der Waals surface area contributed by atoms with Crippen molar-refractivity contribution in [3.63, 3.8) is 0 Å². The molecule has 0 nitrogen and oxygen atoms in total. The van der Waals surface area contributed by atoms with Crippen LogP contribution in [0.5, 0.6) is 0 Å². The van der Waals surface area contributed by atoms with Gasteiger partial charge in [-0.05, 0) is 30.4 Å². The van der Waals surface area contributed by atoms with Crippen molar-refractivity contribution in [2.24, 2.45) is 5.92 Å². The largest absolute Gasteiger partial charge is 0.0871 e. The van der Waals surface area contributed by atoms with Gasteiger partial charge in [0.05, 0.1) is 0 Å². The van der Waals surface area contributed by atoms with Crippen molar-refractivity contribution >= 4 is 6.08 Å². The van der Waals surface area contributed by atoms with Gasteiger partial charge in [-0.25, -0.2) is 0 Å². The SMILES string of the molecule is CC=Cc1ccc(CC(C)C)cc1. The predicted molar refractivity (Wildman–Crippen MR) is 59.7 cm³/mol. The predicted octanol–water partition coefficient (Wildman–Crippen LogP) is 3.92. The Labute approximate surface area is 81.3 Å². The van der Waals surface area contributed by atoms with Gasteiger partial charge in [0.1, 0.15) is 0 Å². The normalized spacial score (nSPS) is 11.4. The summed E-state index contributed by atoms with van der Waals surface area (Å²) in [6, 6.07) is 8.79. The molecule has 0 heteroatoms. The summed E-state index contributed by atoms with van der Waals surface area (Å²) in [5, 5.41) is 0. The minimum atomic E-state index is 0.743. The first kappa shape index (κ1) is 10.0. The molecule has 0 aliphatic carbocycles. The van der Waals surface area contributed by atoms with E-state index in [-0.39, 0.29) is 0 Å². The van der Waals surface area contributed by atoms with Gasteiger partial charge in [0.15, 0.2) is 0 Å². The average Bonchev–Trinajstić information content (AvgIpc) is 2.08. The average molecular weight is 174 g/mol. The van der Waals surface area contributed by atoms with Crippen LogP contribution in [-0.4, -0.2) is 0 Å². The smallest absolute Gasteiger partial charge is 0.0256 e. The fraction of sp³-hybridized carbons (Fsp3) is 0.385. The molecule has 1 aromatic rings. The minimum absolute atomic E-state index is 0.743. The molecule has 0 unspecified atom stereocenters. The summed E-state index contributed by atoms with van der Waals surface area (Å²) >= 11 is 0. The lowest BCUT2D eigenvalue weighted by Crippen LogP contribution is -1.93. The van der Waals surface area contributed by atoms with Gasteiger partial charge < -0.3 is 0 Å². The van der Waals surface area contributed by atoms with Crippen LogP contribution < -0.4 is 0 Å². The summed E-state index contributed by atoms with van der Waals surface area (Å²) in [7, 11) is 0. The molecule has 0 fully saturated rings. The van der Waals surface area contributed by atoms with E-state index in [1.165, 1.54) is 17.5 Å². The van der Waals surface area contributed by atoms with Crippen molar-refractivity contribution in [1.82, 2.24) is 0 Å². The van der Waals surface area contributed by atoms with Crippen molar-refractivity contribution in [3.8, 4) is 0 Å². The molecule has 0 saturated heterocycles. The van der Waals surface area contributed by atoms with E-state index in [2.05, 4.69) is 50.3 Å². The van der Waals surface area contributed by atoms with E-state index in [4.69, 9.17) is 0 Å². The molecule has 70 valence electrons. The second-order valence-electron chi connectivity index (χ2n) is 3.84. The Kier molecular flexibility index (Phi) is 3.75. The zero-order chi connectivity index (χ0) is 9.68. The molecule has 0 saturated carbocycles. The Morgan fingerprint density at radius 3 is 2.23 bits per heavy atom. The summed E-state index contributed by atoms with van der Waals surface area (Å²) < 4.78 is 0. The van der Waals surface area contributed by atoms with Crippen molar-refractivity contribution in [2.75, 3.05) is 0 Å². The third-order valence-corrected chi connectivity index (χ3v) is 1.98. The molecule has 0 radical (unpaired) electrons. The summed E-state index contributed by atoms with van der Waals surface area (Å²) in [4.78, 5) is 0. The molecule has 0 aromatic heterocycles. The number of hydrogen-bond donors (Lipinski definition) is 0. The number of benzene rings is 1. The minimum Gasteiger partial charge on any atom is -0.0871 e. The monoisotopic (exact) mass is 174 g/mol. The van der Waals surface area contributed by atoms with Gasteiger partial charge >= 0.3 is 0 Å². The van der Waals surface area contributed by atoms with Crippen LogP contribution in [0.25, 0.3) is 6.08 Å². The second-order valence-corrected chi connectivity index (χ2v) is 3.84. The highest BCUT2D eigenvalue weighted by molar-refractivity contribution is 5.49. The van der Waals surface area contributed by atoms with Crippen LogP contribution in [0.1, 0.15) is 31.9 Å². The maximum Gasteiger partial charge on any atom is -0.0256 e. The van der Waals surface area contributed by atoms with Gasteiger partial charge in [-0.3, -0.25) is 0 Å². The van der Waals surface area contributed by atoms with Crippen molar-refractivity contribution in [1.29, 1.82) is 0 Å². The number of rotatable bonds is 3. The van der Waals surface area contributed by atoms with Gasteiger partial charge in [-0.2, -0.15) is 0 Å². The quantitative estimate of drug-likeness (QED) is 0.651. The van der Waals surface area contributed by atoms with Gasteiger partial charge in [0, 0.05) is 0 Å². The first-order valence-electron chi connectivity index (χ1n) is 4.94. The number of allylic oxidation sites excluding steroid dienone is 1. The maximum absolute atomic E-state index is 2.25. The Morgan fingerprint density at radius 1 is 1.15 bits per heavy atom. The standard InChI is InChI=1S/C13H18/c1-4-5-12-6-8-13(9-7-12)10-11(2)3/h4-9,11H,10H2,1-3H3. The lowest BCUT2D eigenvalue weighted by molar-refractivity contribution is 0.647. The van der Waals surface area contributed by atoms with Crippen LogP contribution >= 0.6 is 0 Å². The second kappa shape index (κ2) is 4.86. The molecule has 0 aliphatic rings. The van der Waals surface area contributed by atoms with Crippen molar-refractivity contribution in [3.05, 3.63) is 41.5 Å². The first-order chi connectivity index (χ1) is 6.22. The molecular formula is C13H18. The highest BCUT2D eigenvalue weighted by atomic mass is 14.0. The molecule has 1 aromatic carbocycles. The van der Waals surface area contributed by atoms with E-state index in [0.717, 1.165) is 5.92 Å². The Bertz CT molecular complexity index is 265. The van der Waals surface area contributed by atoms with E-state index in [1.54, 1.807) is 0 Å². The maximum atomic E-state index is 2.25. The molecule has 1 rings (SSSR count). The molecule has 0 bridgehead atoms. The summed E-state index contributed by atoms with van der Waals surface area (Å²) in [6.45, 7) is 6.54. The molecule has 0 spiro atoms. The zero-order valence-electron chi connectivity index (χ0n) is 8.75. The van der Waals surface area contributed by atoms with E-state index >= 15 is 0 Å².